The van der Waals surface area contributed by atoms with Crippen LogP contribution in [0.25, 0.3) is 0 Å². The van der Waals surface area contributed by atoms with E-state index < -0.39 is 10.0 Å². The maximum atomic E-state index is 14.1. The van der Waals surface area contributed by atoms with Gasteiger partial charge in [0.05, 0.1) is 23.7 Å². The molecule has 0 radical (unpaired) electrons. The summed E-state index contributed by atoms with van der Waals surface area (Å²) >= 11 is 0. The Morgan fingerprint density at radius 2 is 1.65 bits per heavy atom. The fourth-order valence-corrected chi connectivity index (χ4v) is 6.48. The monoisotopic (exact) mass is 520 g/mol. The van der Waals surface area contributed by atoms with Gasteiger partial charge in [-0.2, -0.15) is 0 Å². The number of benzene rings is 3. The first-order valence-electron chi connectivity index (χ1n) is 12.6. The van der Waals surface area contributed by atoms with Crippen LogP contribution in [0.5, 0.6) is 0 Å². The minimum Gasteiger partial charge on any atom is -0.341 e. The van der Waals surface area contributed by atoms with Crippen LogP contribution in [0.15, 0.2) is 77.7 Å². The third-order valence-electron chi connectivity index (χ3n) is 7.36. The van der Waals surface area contributed by atoms with Gasteiger partial charge < -0.3 is 4.90 Å². The van der Waals surface area contributed by atoms with Gasteiger partial charge in [0.1, 0.15) is 12.2 Å². The Morgan fingerprint density at radius 3 is 2.27 bits per heavy atom. The molecule has 0 saturated carbocycles. The van der Waals surface area contributed by atoms with Crippen LogP contribution >= 0.6 is 0 Å². The summed E-state index contributed by atoms with van der Waals surface area (Å²) in [4.78, 5) is 27.1. The fraction of sp³-hybridized carbons (Fsp3) is 0.310. The lowest BCUT2D eigenvalue weighted by Crippen LogP contribution is -2.58. The topological polar surface area (TPSA) is 74.8 Å². The second kappa shape index (κ2) is 10.9. The predicted molar refractivity (Wildman–Crippen MR) is 147 cm³/mol. The molecule has 1 heterocycles. The zero-order chi connectivity index (χ0) is 26.6. The lowest BCUT2D eigenvalue weighted by Gasteiger charge is -2.35. The average Bonchev–Trinajstić information content (AvgIpc) is 2.93. The molecule has 0 atom stereocenters. The number of likely N-dealkylation sites (N-methyl/N-ethyl adjacent to an activating group) is 1. The Kier molecular flexibility index (Phi) is 7.80. The van der Waals surface area contributed by atoms with Gasteiger partial charge >= 0.3 is 5.91 Å². The minimum absolute atomic E-state index is 0.0389. The normalized spacial score (nSPS) is 13.6. The number of aryl methyl sites for hydroxylation is 1. The first kappa shape index (κ1) is 26.6. The molecule has 0 fully saturated rings. The van der Waals surface area contributed by atoms with Crippen LogP contribution in [0.1, 0.15) is 30.5 Å². The van der Waals surface area contributed by atoms with Gasteiger partial charge in [-0.1, -0.05) is 42.0 Å². The Bertz CT molecular complexity index is 1370. The number of hydrogen-bond acceptors (Lipinski definition) is 4. The van der Waals surface area contributed by atoms with Crippen molar-refractivity contribution in [2.45, 2.75) is 38.6 Å². The Morgan fingerprint density at radius 1 is 0.973 bits per heavy atom. The molecule has 4 rings (SSSR count). The fourth-order valence-electron chi connectivity index (χ4n) is 5.02. The second-order valence-electron chi connectivity index (χ2n) is 9.43. The van der Waals surface area contributed by atoms with Crippen LogP contribution in [0, 0.1) is 6.92 Å². The number of para-hydroxylation sites is 1. The van der Waals surface area contributed by atoms with Gasteiger partial charge in [0, 0.05) is 13.1 Å². The van der Waals surface area contributed by atoms with Crippen LogP contribution in [0.4, 0.5) is 11.4 Å². The smallest absolute Gasteiger partial charge is 0.339 e. The number of amides is 2. The third-order valence-corrected chi connectivity index (χ3v) is 9.13. The second-order valence-corrected chi connectivity index (χ2v) is 11.3. The molecule has 0 bridgehead atoms. The van der Waals surface area contributed by atoms with Crippen molar-refractivity contribution in [3.63, 3.8) is 0 Å². The molecule has 0 aromatic heterocycles. The molecule has 0 spiro atoms. The molecule has 0 saturated heterocycles. The third kappa shape index (κ3) is 5.17. The van der Waals surface area contributed by atoms with Gasteiger partial charge in [-0.25, -0.2) is 17.7 Å². The van der Waals surface area contributed by atoms with E-state index >= 15 is 0 Å². The lowest BCUT2D eigenvalue weighted by molar-refractivity contribution is -0.128. The summed E-state index contributed by atoms with van der Waals surface area (Å²) in [6.07, 6.45) is 1.47. The molecule has 7 nitrogen and oxygen atoms in total. The lowest BCUT2D eigenvalue weighted by atomic mass is 10.0. The summed E-state index contributed by atoms with van der Waals surface area (Å²) in [5.41, 5.74) is 4.11. The molecule has 3 aromatic rings. The van der Waals surface area contributed by atoms with Gasteiger partial charge in [-0.3, -0.25) is 9.10 Å². The van der Waals surface area contributed by atoms with E-state index in [1.807, 2.05) is 69.3 Å². The van der Waals surface area contributed by atoms with E-state index in [9.17, 15) is 18.0 Å². The first-order valence-corrected chi connectivity index (χ1v) is 14.1. The van der Waals surface area contributed by atoms with E-state index in [1.54, 1.807) is 29.2 Å². The Labute approximate surface area is 219 Å². The van der Waals surface area contributed by atoms with Gasteiger partial charge in [-0.15, -0.1) is 0 Å². The van der Waals surface area contributed by atoms with E-state index in [-0.39, 0.29) is 21.8 Å². The summed E-state index contributed by atoms with van der Waals surface area (Å²) in [6.45, 7) is 7.50. The number of quaternary nitrogens is 1. The number of hydrogen-bond donors (Lipinski definition) is 0. The molecular formula is C29H34N3O4S+. The quantitative estimate of drug-likeness (QED) is 0.312. The highest BCUT2D eigenvalue weighted by atomic mass is 32.2. The zero-order valence-corrected chi connectivity index (χ0v) is 22.4. The molecule has 2 amide bonds. The van der Waals surface area contributed by atoms with E-state index in [2.05, 4.69) is 0 Å². The summed E-state index contributed by atoms with van der Waals surface area (Å²) < 4.78 is 29.5. The summed E-state index contributed by atoms with van der Waals surface area (Å²) in [7, 11) is -4.08. The van der Waals surface area contributed by atoms with Crippen molar-refractivity contribution in [2.24, 2.45) is 0 Å². The molecule has 0 N–H and O–H groups in total. The molecule has 3 aromatic carbocycles. The number of nitrogens with zero attached hydrogens (tertiary/aromatic N) is 3. The van der Waals surface area contributed by atoms with Gasteiger partial charge in [0.25, 0.3) is 10.0 Å². The van der Waals surface area contributed by atoms with Crippen LogP contribution in [-0.4, -0.2) is 51.8 Å². The van der Waals surface area contributed by atoms with Crippen molar-refractivity contribution in [3.05, 3.63) is 89.5 Å². The van der Waals surface area contributed by atoms with Gasteiger partial charge in [-0.05, 0) is 74.7 Å². The molecule has 0 unspecified atom stereocenters. The number of rotatable bonds is 9. The van der Waals surface area contributed by atoms with Gasteiger partial charge in [0.15, 0.2) is 0 Å². The Balaban J connectivity index is 1.77. The van der Waals surface area contributed by atoms with Crippen molar-refractivity contribution in [1.82, 2.24) is 9.38 Å². The van der Waals surface area contributed by atoms with Crippen LogP contribution in [0.3, 0.4) is 0 Å². The highest BCUT2D eigenvalue weighted by molar-refractivity contribution is 7.92. The van der Waals surface area contributed by atoms with Crippen LogP contribution in [-0.2, 0) is 32.6 Å². The molecule has 1 aliphatic rings. The minimum atomic E-state index is -4.08. The number of carbonyl (C=O) groups is 2. The highest BCUT2D eigenvalue weighted by Gasteiger charge is 2.40. The van der Waals surface area contributed by atoms with Crippen molar-refractivity contribution < 1.29 is 18.0 Å². The summed E-state index contributed by atoms with van der Waals surface area (Å²) in [6, 6.07) is 21.8. The van der Waals surface area contributed by atoms with Crippen molar-refractivity contribution in [1.29, 1.82) is 0 Å². The average molecular weight is 521 g/mol. The maximum absolute atomic E-state index is 14.1. The summed E-state index contributed by atoms with van der Waals surface area (Å²) in [5.74, 6) is -0.203. The van der Waals surface area contributed by atoms with E-state index in [1.165, 1.54) is 4.31 Å². The molecule has 194 valence electrons. The van der Waals surface area contributed by atoms with E-state index in [0.717, 1.165) is 28.8 Å². The van der Waals surface area contributed by atoms with E-state index in [4.69, 9.17) is 0 Å². The number of fused-ring (bicyclic) bond motifs is 1. The number of anilines is 1. The molecule has 37 heavy (non-hydrogen) atoms. The van der Waals surface area contributed by atoms with Crippen molar-refractivity contribution in [2.75, 3.05) is 30.5 Å². The molecule has 8 heteroatoms. The highest BCUT2D eigenvalue weighted by Crippen LogP contribution is 2.30. The predicted octanol–water partition coefficient (Wildman–Crippen LogP) is 4.28. The van der Waals surface area contributed by atoms with Crippen LogP contribution < -0.4 is 8.79 Å². The summed E-state index contributed by atoms with van der Waals surface area (Å²) in [5, 5.41) is 0. The first-order chi connectivity index (χ1) is 17.7. The molecule has 0 aliphatic carbocycles. The van der Waals surface area contributed by atoms with Crippen molar-refractivity contribution >= 4 is 33.7 Å². The van der Waals surface area contributed by atoms with Crippen LogP contribution in [0.2, 0.25) is 0 Å². The Hall–Kier alpha value is -3.49. The van der Waals surface area contributed by atoms with E-state index in [0.29, 0.717) is 38.3 Å². The standard InChI is InChI=1S/C29H34N3O4S/c1-4-32(5-2,27-9-7-6-8-10-27)29(34)21-31(26-14-11-23(3)12-15-26)37(35,36)28-16-13-24-17-18-30(22-33)20-25(24)19-28/h6-16,19,22H,4-5,17-18,20-21H2,1-3H3/q+1. The number of carbonyl (C=O) groups excluding carboxylic acids is 2. The molecule has 1 aliphatic heterocycles. The zero-order valence-electron chi connectivity index (χ0n) is 21.6. The van der Waals surface area contributed by atoms with Crippen molar-refractivity contribution in [3.8, 4) is 0 Å². The maximum Gasteiger partial charge on any atom is 0.339 e. The van der Waals surface area contributed by atoms with Gasteiger partial charge in [0.2, 0.25) is 6.41 Å². The number of sulfonamides is 1. The largest absolute Gasteiger partial charge is 0.341 e. The SMILES string of the molecule is CC[N+](CC)(C(=O)CN(c1ccc(C)cc1)S(=O)(=O)c1ccc2c(c1)CN(C=O)CC2)c1ccccc1. The molecular weight excluding hydrogens is 486 g/mol.